The molecule has 0 aromatic heterocycles. The zero-order valence-corrected chi connectivity index (χ0v) is 12.2. The van der Waals surface area contributed by atoms with Crippen molar-refractivity contribution in [3.8, 4) is 0 Å². The number of hydrogen-bond acceptors (Lipinski definition) is 2. The van der Waals surface area contributed by atoms with Crippen LogP contribution >= 0.6 is 15.9 Å². The lowest BCUT2D eigenvalue weighted by Crippen LogP contribution is -2.28. The van der Waals surface area contributed by atoms with Crippen molar-refractivity contribution in [3.63, 3.8) is 0 Å². The van der Waals surface area contributed by atoms with E-state index in [4.69, 9.17) is 5.73 Å². The molecular formula is C14H19BrN2O. The minimum absolute atomic E-state index is 0.0720. The molecule has 0 radical (unpaired) electrons. The number of aryl methyl sites for hydroxylation is 1. The van der Waals surface area contributed by atoms with Gasteiger partial charge in [-0.15, -0.1) is 0 Å². The average Bonchev–Trinajstić information content (AvgIpc) is 2.69. The van der Waals surface area contributed by atoms with E-state index in [9.17, 15) is 4.79 Å². The highest BCUT2D eigenvalue weighted by Gasteiger charge is 2.26. The second-order valence-electron chi connectivity index (χ2n) is 5.07. The molecule has 0 heterocycles. The normalized spacial score (nSPS) is 23.1. The number of hydrogen-bond donors (Lipinski definition) is 2. The minimum atomic E-state index is 0.0720. The molecule has 0 aliphatic heterocycles. The molecule has 18 heavy (non-hydrogen) atoms. The highest BCUT2D eigenvalue weighted by atomic mass is 79.9. The zero-order chi connectivity index (χ0) is 13.1. The quantitative estimate of drug-likeness (QED) is 0.900. The summed E-state index contributed by atoms with van der Waals surface area (Å²) in [6, 6.07) is 6.05. The van der Waals surface area contributed by atoms with Crippen LogP contribution in [0.25, 0.3) is 0 Å². The van der Waals surface area contributed by atoms with E-state index in [0.29, 0.717) is 12.3 Å². The topological polar surface area (TPSA) is 55.1 Å². The van der Waals surface area contributed by atoms with E-state index in [1.807, 2.05) is 25.1 Å². The van der Waals surface area contributed by atoms with E-state index in [0.717, 1.165) is 35.0 Å². The fraction of sp³-hybridized carbons (Fsp3) is 0.500. The number of nitrogens with two attached hydrogens (primary N) is 1. The summed E-state index contributed by atoms with van der Waals surface area (Å²) in [6.45, 7) is 1.99. The van der Waals surface area contributed by atoms with Crippen molar-refractivity contribution in [2.45, 2.75) is 38.6 Å². The first kappa shape index (κ1) is 13.6. The molecule has 0 bridgehead atoms. The molecule has 0 saturated heterocycles. The van der Waals surface area contributed by atoms with Crippen LogP contribution in [-0.2, 0) is 4.79 Å². The van der Waals surface area contributed by atoms with Crippen LogP contribution in [0.15, 0.2) is 22.7 Å². The van der Waals surface area contributed by atoms with E-state index in [1.54, 1.807) is 0 Å². The number of amides is 1. The van der Waals surface area contributed by atoms with Gasteiger partial charge in [-0.25, -0.2) is 0 Å². The lowest BCUT2D eigenvalue weighted by molar-refractivity contribution is -0.117. The molecule has 1 aromatic rings. The molecule has 4 heteroatoms. The fourth-order valence-corrected chi connectivity index (χ4v) is 3.00. The van der Waals surface area contributed by atoms with Gasteiger partial charge in [-0.1, -0.05) is 22.4 Å². The molecule has 1 aromatic carbocycles. The number of carbonyl (C=O) groups excluding carboxylic acids is 1. The molecule has 1 saturated carbocycles. The third-order valence-electron chi connectivity index (χ3n) is 3.63. The first-order valence-electron chi connectivity index (χ1n) is 6.38. The molecule has 0 unspecified atom stereocenters. The Balaban J connectivity index is 1.94. The molecule has 1 aliphatic rings. The Morgan fingerprint density at radius 1 is 1.50 bits per heavy atom. The molecule has 2 rings (SSSR count). The van der Waals surface area contributed by atoms with Crippen LogP contribution in [0.1, 0.15) is 31.2 Å². The van der Waals surface area contributed by atoms with Crippen molar-refractivity contribution < 1.29 is 4.79 Å². The lowest BCUT2D eigenvalue weighted by Gasteiger charge is -2.15. The molecule has 3 nitrogen and oxygen atoms in total. The van der Waals surface area contributed by atoms with E-state index in [2.05, 4.69) is 21.2 Å². The van der Waals surface area contributed by atoms with Gasteiger partial charge in [-0.05, 0) is 49.4 Å². The zero-order valence-electron chi connectivity index (χ0n) is 10.6. The van der Waals surface area contributed by atoms with Gasteiger partial charge in [0.25, 0.3) is 0 Å². The maximum Gasteiger partial charge on any atom is 0.224 e. The average molecular weight is 311 g/mol. The molecule has 1 fully saturated rings. The van der Waals surface area contributed by atoms with Gasteiger partial charge in [0.2, 0.25) is 5.91 Å². The van der Waals surface area contributed by atoms with Gasteiger partial charge in [0.15, 0.2) is 0 Å². The van der Waals surface area contributed by atoms with Crippen molar-refractivity contribution in [1.29, 1.82) is 0 Å². The third kappa shape index (κ3) is 3.33. The Bertz CT molecular complexity index is 447. The Labute approximate surface area is 116 Å². The van der Waals surface area contributed by atoms with E-state index in [1.165, 1.54) is 0 Å². The molecule has 1 aliphatic carbocycles. The maximum atomic E-state index is 12.0. The smallest absolute Gasteiger partial charge is 0.224 e. The molecular weight excluding hydrogens is 292 g/mol. The van der Waals surface area contributed by atoms with Gasteiger partial charge in [0, 0.05) is 22.6 Å². The van der Waals surface area contributed by atoms with Crippen LogP contribution in [0.5, 0.6) is 0 Å². The Morgan fingerprint density at radius 2 is 2.28 bits per heavy atom. The maximum absolute atomic E-state index is 12.0. The minimum Gasteiger partial charge on any atom is -0.327 e. The summed E-state index contributed by atoms with van der Waals surface area (Å²) in [7, 11) is 0. The summed E-state index contributed by atoms with van der Waals surface area (Å²) < 4.78 is 1.02. The highest BCUT2D eigenvalue weighted by molar-refractivity contribution is 9.10. The van der Waals surface area contributed by atoms with Gasteiger partial charge < -0.3 is 11.1 Å². The molecule has 3 N–H and O–H groups in total. The van der Waals surface area contributed by atoms with Crippen molar-refractivity contribution in [2.75, 3.05) is 5.32 Å². The predicted octanol–water partition coefficient (Wildman–Crippen LogP) is 3.21. The van der Waals surface area contributed by atoms with Crippen molar-refractivity contribution >= 4 is 27.5 Å². The van der Waals surface area contributed by atoms with Crippen LogP contribution < -0.4 is 11.1 Å². The molecule has 0 spiro atoms. The number of anilines is 1. The number of nitrogens with one attached hydrogen (secondary N) is 1. The molecule has 98 valence electrons. The lowest BCUT2D eigenvalue weighted by atomic mass is 10.00. The van der Waals surface area contributed by atoms with Gasteiger partial charge in [0.05, 0.1) is 0 Å². The predicted molar refractivity (Wildman–Crippen MR) is 77.4 cm³/mol. The summed E-state index contributed by atoms with van der Waals surface area (Å²) in [5, 5.41) is 2.97. The number of rotatable bonds is 3. The molecule has 2 atom stereocenters. The fourth-order valence-electron chi connectivity index (χ4n) is 2.53. The second-order valence-corrected chi connectivity index (χ2v) is 5.98. The number of halogens is 1. The van der Waals surface area contributed by atoms with E-state index >= 15 is 0 Å². The van der Waals surface area contributed by atoms with Crippen LogP contribution in [0.3, 0.4) is 0 Å². The van der Waals surface area contributed by atoms with Gasteiger partial charge in [-0.2, -0.15) is 0 Å². The summed E-state index contributed by atoms with van der Waals surface area (Å²) >= 11 is 3.41. The SMILES string of the molecule is Cc1cc(Br)ccc1NC(=O)C[C@@H]1CCC[C@H]1N. The Kier molecular flexibility index (Phi) is 4.40. The van der Waals surface area contributed by atoms with Crippen LogP contribution in [0.4, 0.5) is 5.69 Å². The first-order chi connectivity index (χ1) is 8.56. The van der Waals surface area contributed by atoms with Crippen molar-refractivity contribution in [1.82, 2.24) is 0 Å². The third-order valence-corrected chi connectivity index (χ3v) is 4.12. The van der Waals surface area contributed by atoms with E-state index in [-0.39, 0.29) is 11.9 Å². The summed E-state index contributed by atoms with van der Waals surface area (Å²) in [6.07, 6.45) is 3.82. The van der Waals surface area contributed by atoms with Crippen LogP contribution in [-0.4, -0.2) is 11.9 Å². The van der Waals surface area contributed by atoms with Gasteiger partial charge in [0.1, 0.15) is 0 Å². The van der Waals surface area contributed by atoms with Crippen LogP contribution in [0.2, 0.25) is 0 Å². The Morgan fingerprint density at radius 3 is 2.89 bits per heavy atom. The summed E-state index contributed by atoms with van der Waals surface area (Å²) in [5.74, 6) is 0.420. The standard InChI is InChI=1S/C14H19BrN2O/c1-9-7-11(15)5-6-13(9)17-14(18)8-10-3-2-4-12(10)16/h5-7,10,12H,2-4,8,16H2,1H3,(H,17,18)/t10-,12+/m0/s1. The summed E-state index contributed by atoms with van der Waals surface area (Å²) in [4.78, 5) is 12.0. The highest BCUT2D eigenvalue weighted by Crippen LogP contribution is 2.27. The number of benzene rings is 1. The monoisotopic (exact) mass is 310 g/mol. The summed E-state index contributed by atoms with van der Waals surface area (Å²) in [5.41, 5.74) is 7.93. The second kappa shape index (κ2) is 5.85. The van der Waals surface area contributed by atoms with Gasteiger partial charge in [-0.3, -0.25) is 4.79 Å². The first-order valence-corrected chi connectivity index (χ1v) is 7.17. The largest absolute Gasteiger partial charge is 0.327 e. The van der Waals surface area contributed by atoms with Crippen molar-refractivity contribution in [3.05, 3.63) is 28.2 Å². The number of carbonyl (C=O) groups is 1. The Hall–Kier alpha value is -0.870. The van der Waals surface area contributed by atoms with E-state index < -0.39 is 0 Å². The van der Waals surface area contributed by atoms with Gasteiger partial charge >= 0.3 is 0 Å². The van der Waals surface area contributed by atoms with Crippen LogP contribution in [0, 0.1) is 12.8 Å². The van der Waals surface area contributed by atoms with Crippen molar-refractivity contribution in [2.24, 2.45) is 11.7 Å². The molecule has 1 amide bonds.